The summed E-state index contributed by atoms with van der Waals surface area (Å²) in [5.74, 6) is 0. The van der Waals surface area contributed by atoms with Gasteiger partial charge in [-0.2, -0.15) is 0 Å². The van der Waals surface area contributed by atoms with E-state index in [9.17, 15) is 0 Å². The second-order valence-electron chi connectivity index (χ2n) is 7.05. The van der Waals surface area contributed by atoms with Gasteiger partial charge >= 0.3 is 0 Å². The van der Waals surface area contributed by atoms with E-state index in [4.69, 9.17) is 14.2 Å². The average Bonchev–Trinajstić information content (AvgIpc) is 2.77. The number of fused-ring (bicyclic) bond motifs is 1. The van der Waals surface area contributed by atoms with E-state index in [0.717, 1.165) is 19.5 Å². The third-order valence-electron chi connectivity index (χ3n) is 4.94. The first-order valence-electron chi connectivity index (χ1n) is 10.6. The van der Waals surface area contributed by atoms with E-state index < -0.39 is 0 Å². The van der Waals surface area contributed by atoms with Crippen LogP contribution >= 0.6 is 11.8 Å². The number of anilines is 1. The van der Waals surface area contributed by atoms with E-state index in [1.807, 2.05) is 0 Å². The molecule has 1 aliphatic heterocycles. The summed E-state index contributed by atoms with van der Waals surface area (Å²) in [7, 11) is 3.86. The molecule has 0 aliphatic carbocycles. The Hall–Kier alpha value is -1.57. The van der Waals surface area contributed by atoms with Crippen LogP contribution in [0.15, 0.2) is 65.1 Å². The van der Waals surface area contributed by atoms with Gasteiger partial charge in [0, 0.05) is 37.3 Å². The summed E-state index contributed by atoms with van der Waals surface area (Å²) in [6.07, 6.45) is 11.6. The first-order chi connectivity index (χ1) is 14.8. The number of allylic oxidation sites excluding steroid dienone is 4. The van der Waals surface area contributed by atoms with Crippen molar-refractivity contribution >= 4 is 17.4 Å². The standard InChI is InChI=1S/C24H36N2O3S/c1-4-22(25(2)14-15-28-18-19-29-17-16-27-3)21-26-13-9-5-6-10-20-30-24-12-8-7-11-23(24)26/h5-13,20,22H,4,14-19,21H2,1-3H3/b6-5-,13-9+,20-10+. The Kier molecular flexibility index (Phi) is 12.6. The molecule has 0 bridgehead atoms. The molecule has 1 aromatic carbocycles. The van der Waals surface area contributed by atoms with Gasteiger partial charge in [0.25, 0.3) is 0 Å². The quantitative estimate of drug-likeness (QED) is 0.425. The minimum atomic E-state index is 0.428. The predicted molar refractivity (Wildman–Crippen MR) is 127 cm³/mol. The zero-order chi connectivity index (χ0) is 21.4. The Morgan fingerprint density at radius 3 is 2.50 bits per heavy atom. The zero-order valence-electron chi connectivity index (χ0n) is 18.5. The summed E-state index contributed by atoms with van der Waals surface area (Å²) in [4.78, 5) is 6.02. The molecule has 5 nitrogen and oxygen atoms in total. The van der Waals surface area contributed by atoms with Crippen molar-refractivity contribution in [2.45, 2.75) is 24.3 Å². The third kappa shape index (κ3) is 9.06. The van der Waals surface area contributed by atoms with Gasteiger partial charge < -0.3 is 19.1 Å². The normalized spacial score (nSPS) is 18.1. The second kappa shape index (κ2) is 15.3. The summed E-state index contributed by atoms with van der Waals surface area (Å²) in [6, 6.07) is 9.02. The Balaban J connectivity index is 1.88. The highest BCUT2D eigenvalue weighted by Crippen LogP contribution is 2.32. The molecule has 0 saturated carbocycles. The highest BCUT2D eigenvalue weighted by Gasteiger charge is 2.18. The average molecular weight is 433 g/mol. The second-order valence-corrected chi connectivity index (χ2v) is 8.00. The highest BCUT2D eigenvalue weighted by molar-refractivity contribution is 8.02. The van der Waals surface area contributed by atoms with Gasteiger partial charge in [0.15, 0.2) is 0 Å². The maximum atomic E-state index is 5.74. The topological polar surface area (TPSA) is 34.2 Å². The number of benzene rings is 1. The van der Waals surface area contributed by atoms with Crippen LogP contribution < -0.4 is 4.90 Å². The lowest BCUT2D eigenvalue weighted by atomic mass is 10.1. The van der Waals surface area contributed by atoms with Crippen molar-refractivity contribution in [1.82, 2.24) is 4.90 Å². The Labute approximate surface area is 186 Å². The lowest BCUT2D eigenvalue weighted by molar-refractivity contribution is 0.0187. The van der Waals surface area contributed by atoms with Gasteiger partial charge in [-0.05, 0) is 37.1 Å². The number of hydrogen-bond acceptors (Lipinski definition) is 6. The van der Waals surface area contributed by atoms with Crippen LogP contribution in [0.25, 0.3) is 0 Å². The molecule has 0 amide bonds. The number of rotatable bonds is 13. The highest BCUT2D eigenvalue weighted by atomic mass is 32.2. The molecule has 0 aromatic heterocycles. The SMILES string of the molecule is CCC(CN1/C=C/C=C\C=C\Sc2ccccc21)N(C)CCOCCOCCOC. The van der Waals surface area contributed by atoms with Gasteiger partial charge in [0.1, 0.15) is 0 Å². The molecular formula is C24H36N2O3S. The van der Waals surface area contributed by atoms with Crippen molar-refractivity contribution < 1.29 is 14.2 Å². The Morgan fingerprint density at radius 1 is 0.967 bits per heavy atom. The fraction of sp³-hybridized carbons (Fsp3) is 0.500. The number of likely N-dealkylation sites (N-methyl/N-ethyl adjacent to an activating group) is 1. The van der Waals surface area contributed by atoms with Crippen LogP contribution in [0.2, 0.25) is 0 Å². The monoisotopic (exact) mass is 432 g/mol. The van der Waals surface area contributed by atoms with E-state index in [1.54, 1.807) is 18.9 Å². The summed E-state index contributed by atoms with van der Waals surface area (Å²) in [6.45, 7) is 7.25. The third-order valence-corrected chi connectivity index (χ3v) is 5.83. The van der Waals surface area contributed by atoms with Gasteiger partial charge in [0.05, 0.1) is 38.7 Å². The molecule has 30 heavy (non-hydrogen) atoms. The molecule has 0 saturated heterocycles. The minimum Gasteiger partial charge on any atom is -0.382 e. The summed E-state index contributed by atoms with van der Waals surface area (Å²) < 4.78 is 16.1. The molecule has 1 aromatic rings. The Bertz CT molecular complexity index is 678. The number of thioether (sulfide) groups is 1. The minimum absolute atomic E-state index is 0.428. The van der Waals surface area contributed by atoms with Gasteiger partial charge in [-0.1, -0.05) is 49.0 Å². The molecule has 1 aliphatic rings. The lowest BCUT2D eigenvalue weighted by Crippen LogP contribution is -2.41. The number of ether oxygens (including phenoxy) is 3. The van der Waals surface area contributed by atoms with Crippen molar-refractivity contribution in [3.05, 3.63) is 60.2 Å². The van der Waals surface area contributed by atoms with Crippen molar-refractivity contribution in [2.24, 2.45) is 0 Å². The fourth-order valence-electron chi connectivity index (χ4n) is 3.14. The van der Waals surface area contributed by atoms with Gasteiger partial charge in [-0.25, -0.2) is 0 Å². The summed E-state index contributed by atoms with van der Waals surface area (Å²) >= 11 is 1.76. The van der Waals surface area contributed by atoms with Crippen LogP contribution in [0.1, 0.15) is 13.3 Å². The van der Waals surface area contributed by atoms with Crippen LogP contribution in [0, 0.1) is 0 Å². The predicted octanol–water partition coefficient (Wildman–Crippen LogP) is 4.57. The fourth-order valence-corrected chi connectivity index (χ4v) is 3.92. The summed E-state index contributed by atoms with van der Waals surface area (Å²) in [5, 5.41) is 2.13. The first-order valence-corrected chi connectivity index (χ1v) is 11.5. The van der Waals surface area contributed by atoms with Crippen LogP contribution in [-0.2, 0) is 14.2 Å². The molecule has 1 atom stereocenters. The molecule has 0 N–H and O–H groups in total. The van der Waals surface area contributed by atoms with Crippen LogP contribution in [0.3, 0.4) is 0 Å². The van der Waals surface area contributed by atoms with E-state index >= 15 is 0 Å². The van der Waals surface area contributed by atoms with E-state index in [2.05, 4.69) is 83.9 Å². The maximum Gasteiger partial charge on any atom is 0.0701 e. The molecule has 166 valence electrons. The molecule has 1 unspecified atom stereocenters. The molecule has 0 radical (unpaired) electrons. The number of hydrogen-bond donors (Lipinski definition) is 0. The Morgan fingerprint density at radius 2 is 1.70 bits per heavy atom. The van der Waals surface area contributed by atoms with Crippen LogP contribution in [0.4, 0.5) is 5.69 Å². The van der Waals surface area contributed by atoms with Crippen LogP contribution in [-0.4, -0.2) is 71.2 Å². The maximum absolute atomic E-state index is 5.74. The smallest absolute Gasteiger partial charge is 0.0701 e. The lowest BCUT2D eigenvalue weighted by Gasteiger charge is -2.33. The molecule has 1 heterocycles. The van der Waals surface area contributed by atoms with Gasteiger partial charge in [-0.15, -0.1) is 0 Å². The molecule has 6 heteroatoms. The summed E-state index contributed by atoms with van der Waals surface area (Å²) in [5.41, 5.74) is 1.25. The zero-order valence-corrected chi connectivity index (χ0v) is 19.4. The van der Waals surface area contributed by atoms with Gasteiger partial charge in [0.2, 0.25) is 0 Å². The van der Waals surface area contributed by atoms with E-state index in [0.29, 0.717) is 39.1 Å². The van der Waals surface area contributed by atoms with E-state index in [-0.39, 0.29) is 0 Å². The van der Waals surface area contributed by atoms with Crippen molar-refractivity contribution in [1.29, 1.82) is 0 Å². The molecule has 0 fully saturated rings. The molecule has 0 spiro atoms. The number of nitrogens with zero attached hydrogens (tertiary/aromatic N) is 2. The molecular weight excluding hydrogens is 396 g/mol. The number of methoxy groups -OCH3 is 1. The first kappa shape index (κ1) is 24.7. The van der Waals surface area contributed by atoms with Crippen molar-refractivity contribution in [3.63, 3.8) is 0 Å². The number of para-hydroxylation sites is 1. The van der Waals surface area contributed by atoms with Crippen molar-refractivity contribution in [2.75, 3.05) is 65.2 Å². The van der Waals surface area contributed by atoms with Gasteiger partial charge in [-0.3, -0.25) is 4.90 Å². The van der Waals surface area contributed by atoms with Crippen molar-refractivity contribution in [3.8, 4) is 0 Å². The van der Waals surface area contributed by atoms with E-state index in [1.165, 1.54) is 10.6 Å². The molecule has 2 rings (SSSR count). The van der Waals surface area contributed by atoms with Crippen LogP contribution in [0.5, 0.6) is 0 Å². The largest absolute Gasteiger partial charge is 0.382 e.